The molecule has 23 heavy (non-hydrogen) atoms. The average Bonchev–Trinajstić information content (AvgIpc) is 2.61. The van der Waals surface area contributed by atoms with E-state index in [1.165, 1.54) is 0 Å². The number of pyridine rings is 1. The molecule has 3 rings (SSSR count). The molecule has 0 saturated carbocycles. The SMILES string of the molecule is O=C(NCc1cc(Cl)ccn1)N1CCN(c2ncccn2)CC1. The Bertz CT molecular complexity index is 660. The molecule has 0 bridgehead atoms. The standard InChI is InChI=1S/C15H17ClN6O/c16-12-2-5-17-13(10-12)11-20-15(23)22-8-6-21(7-9-22)14-18-3-1-4-19-14/h1-5,10H,6-9,11H2,(H,20,23). The van der Waals surface area contributed by atoms with Crippen LogP contribution < -0.4 is 10.2 Å². The van der Waals surface area contributed by atoms with Crippen molar-refractivity contribution in [1.82, 2.24) is 25.2 Å². The van der Waals surface area contributed by atoms with Crippen molar-refractivity contribution < 1.29 is 4.79 Å². The Hall–Kier alpha value is -2.41. The molecule has 0 unspecified atom stereocenters. The van der Waals surface area contributed by atoms with Crippen LogP contribution in [0.2, 0.25) is 5.02 Å². The summed E-state index contributed by atoms with van der Waals surface area (Å²) in [7, 11) is 0. The molecule has 0 aliphatic carbocycles. The molecule has 3 heterocycles. The van der Waals surface area contributed by atoms with Crippen LogP contribution in [0, 0.1) is 0 Å². The van der Waals surface area contributed by atoms with Crippen LogP contribution >= 0.6 is 11.6 Å². The lowest BCUT2D eigenvalue weighted by Crippen LogP contribution is -2.52. The zero-order chi connectivity index (χ0) is 16.1. The van der Waals surface area contributed by atoms with Crippen molar-refractivity contribution >= 4 is 23.6 Å². The predicted molar refractivity (Wildman–Crippen MR) is 87.3 cm³/mol. The number of halogens is 1. The highest BCUT2D eigenvalue weighted by Gasteiger charge is 2.22. The van der Waals surface area contributed by atoms with Crippen molar-refractivity contribution in [1.29, 1.82) is 0 Å². The highest BCUT2D eigenvalue weighted by Crippen LogP contribution is 2.10. The number of hydrogen-bond donors (Lipinski definition) is 1. The molecule has 1 aliphatic rings. The third-order valence-electron chi connectivity index (χ3n) is 3.60. The van der Waals surface area contributed by atoms with E-state index < -0.39 is 0 Å². The van der Waals surface area contributed by atoms with Crippen molar-refractivity contribution in [2.75, 3.05) is 31.1 Å². The minimum atomic E-state index is -0.0968. The molecule has 2 aromatic heterocycles. The van der Waals surface area contributed by atoms with E-state index in [2.05, 4.69) is 25.2 Å². The van der Waals surface area contributed by atoms with Crippen LogP contribution in [0.1, 0.15) is 5.69 Å². The topological polar surface area (TPSA) is 74.2 Å². The van der Waals surface area contributed by atoms with Gasteiger partial charge in [-0.3, -0.25) is 4.98 Å². The molecule has 1 saturated heterocycles. The second kappa shape index (κ2) is 7.23. The summed E-state index contributed by atoms with van der Waals surface area (Å²) in [5.41, 5.74) is 0.738. The first-order chi connectivity index (χ1) is 11.2. The van der Waals surface area contributed by atoms with Crippen molar-refractivity contribution in [2.45, 2.75) is 6.54 Å². The third-order valence-corrected chi connectivity index (χ3v) is 3.84. The molecule has 0 aromatic carbocycles. The van der Waals surface area contributed by atoms with Gasteiger partial charge in [0.1, 0.15) is 0 Å². The smallest absolute Gasteiger partial charge is 0.317 e. The number of anilines is 1. The summed E-state index contributed by atoms with van der Waals surface area (Å²) in [5.74, 6) is 0.704. The normalized spacial score (nSPS) is 14.7. The van der Waals surface area contributed by atoms with Gasteiger partial charge in [0.25, 0.3) is 0 Å². The molecule has 1 aliphatic heterocycles. The van der Waals surface area contributed by atoms with E-state index in [4.69, 9.17) is 11.6 Å². The maximum Gasteiger partial charge on any atom is 0.317 e. The minimum absolute atomic E-state index is 0.0968. The van der Waals surface area contributed by atoms with Crippen LogP contribution in [-0.2, 0) is 6.54 Å². The highest BCUT2D eigenvalue weighted by atomic mass is 35.5. The third kappa shape index (κ3) is 4.07. The number of carbonyl (C=O) groups excluding carboxylic acids is 1. The monoisotopic (exact) mass is 332 g/mol. The van der Waals surface area contributed by atoms with Crippen molar-refractivity contribution in [3.63, 3.8) is 0 Å². The number of piperazine rings is 1. The van der Waals surface area contributed by atoms with Gasteiger partial charge in [-0.15, -0.1) is 0 Å². The molecular weight excluding hydrogens is 316 g/mol. The second-order valence-electron chi connectivity index (χ2n) is 5.15. The summed E-state index contributed by atoms with van der Waals surface area (Å²) < 4.78 is 0. The first-order valence-corrected chi connectivity index (χ1v) is 7.75. The van der Waals surface area contributed by atoms with E-state index in [0.29, 0.717) is 43.7 Å². The van der Waals surface area contributed by atoms with E-state index in [0.717, 1.165) is 5.69 Å². The Morgan fingerprint density at radius 1 is 1.13 bits per heavy atom. The lowest BCUT2D eigenvalue weighted by molar-refractivity contribution is 0.193. The van der Waals surface area contributed by atoms with Gasteiger partial charge in [-0.05, 0) is 18.2 Å². The van der Waals surface area contributed by atoms with E-state index in [1.807, 2.05) is 0 Å². The van der Waals surface area contributed by atoms with Gasteiger partial charge in [-0.25, -0.2) is 14.8 Å². The van der Waals surface area contributed by atoms with Crippen molar-refractivity contribution in [2.24, 2.45) is 0 Å². The van der Waals surface area contributed by atoms with Crippen LogP contribution in [0.3, 0.4) is 0 Å². The lowest BCUT2D eigenvalue weighted by Gasteiger charge is -2.34. The quantitative estimate of drug-likeness (QED) is 0.923. The Morgan fingerprint density at radius 2 is 1.87 bits per heavy atom. The van der Waals surface area contributed by atoms with Gasteiger partial charge in [-0.2, -0.15) is 0 Å². The number of rotatable bonds is 3. The molecule has 8 heteroatoms. The molecule has 120 valence electrons. The lowest BCUT2D eigenvalue weighted by atomic mass is 10.3. The van der Waals surface area contributed by atoms with Crippen LogP contribution in [-0.4, -0.2) is 52.1 Å². The van der Waals surface area contributed by atoms with Crippen LogP contribution in [0.5, 0.6) is 0 Å². The molecule has 1 N–H and O–H groups in total. The summed E-state index contributed by atoms with van der Waals surface area (Å²) in [5, 5.41) is 3.48. The van der Waals surface area contributed by atoms with Crippen LogP contribution in [0.4, 0.5) is 10.7 Å². The number of amides is 2. The van der Waals surface area contributed by atoms with Crippen molar-refractivity contribution in [3.8, 4) is 0 Å². The molecule has 2 amide bonds. The number of nitrogens with one attached hydrogen (secondary N) is 1. The summed E-state index contributed by atoms with van der Waals surface area (Å²) >= 11 is 5.90. The second-order valence-corrected chi connectivity index (χ2v) is 5.58. The van der Waals surface area contributed by atoms with Gasteiger partial charge >= 0.3 is 6.03 Å². The van der Waals surface area contributed by atoms with Gasteiger partial charge in [-0.1, -0.05) is 11.6 Å². The number of carbonyl (C=O) groups is 1. The maximum absolute atomic E-state index is 12.2. The molecule has 1 fully saturated rings. The van der Waals surface area contributed by atoms with Crippen molar-refractivity contribution in [3.05, 3.63) is 47.5 Å². The van der Waals surface area contributed by atoms with Crippen LogP contribution in [0.15, 0.2) is 36.8 Å². The number of urea groups is 1. The zero-order valence-electron chi connectivity index (χ0n) is 12.5. The fourth-order valence-corrected chi connectivity index (χ4v) is 2.57. The summed E-state index contributed by atoms with van der Waals surface area (Å²) in [6, 6.07) is 5.14. The van der Waals surface area contributed by atoms with Gasteiger partial charge in [0.05, 0.1) is 12.2 Å². The summed E-state index contributed by atoms with van der Waals surface area (Å²) in [4.78, 5) is 28.7. The predicted octanol–water partition coefficient (Wildman–Crippen LogP) is 1.56. The largest absolute Gasteiger partial charge is 0.337 e. The number of aromatic nitrogens is 3. The van der Waals surface area contributed by atoms with Gasteiger partial charge in [0.2, 0.25) is 5.95 Å². The zero-order valence-corrected chi connectivity index (χ0v) is 13.3. The van der Waals surface area contributed by atoms with Gasteiger partial charge < -0.3 is 15.1 Å². The first kappa shape index (κ1) is 15.5. The highest BCUT2D eigenvalue weighted by molar-refractivity contribution is 6.30. The van der Waals surface area contributed by atoms with Crippen LogP contribution in [0.25, 0.3) is 0 Å². The summed E-state index contributed by atoms with van der Waals surface area (Å²) in [6.07, 6.45) is 5.07. The number of nitrogens with zero attached hydrogens (tertiary/aromatic N) is 5. The fraction of sp³-hybridized carbons (Fsp3) is 0.333. The molecule has 0 spiro atoms. The Labute approximate surface area is 139 Å². The van der Waals surface area contributed by atoms with E-state index >= 15 is 0 Å². The Morgan fingerprint density at radius 3 is 2.57 bits per heavy atom. The maximum atomic E-state index is 12.2. The molecule has 0 atom stereocenters. The molecule has 2 aromatic rings. The average molecular weight is 333 g/mol. The van der Waals surface area contributed by atoms with Gasteiger partial charge in [0.15, 0.2) is 0 Å². The fourth-order valence-electron chi connectivity index (χ4n) is 2.39. The molecule has 7 nitrogen and oxygen atoms in total. The van der Waals surface area contributed by atoms with Gasteiger partial charge in [0, 0.05) is 49.8 Å². The molecular formula is C15H17ClN6O. The Balaban J connectivity index is 1.48. The minimum Gasteiger partial charge on any atom is -0.337 e. The van der Waals surface area contributed by atoms with E-state index in [1.54, 1.807) is 41.7 Å². The first-order valence-electron chi connectivity index (χ1n) is 7.37. The van der Waals surface area contributed by atoms with E-state index in [-0.39, 0.29) is 6.03 Å². The van der Waals surface area contributed by atoms with E-state index in [9.17, 15) is 4.79 Å². The summed E-state index contributed by atoms with van der Waals surface area (Å²) in [6.45, 7) is 3.06. The Kier molecular flexibility index (Phi) is 4.87. The molecule has 0 radical (unpaired) electrons. The number of hydrogen-bond acceptors (Lipinski definition) is 5.